The minimum atomic E-state index is 0.206. The molecule has 1 saturated heterocycles. The second-order valence-electron chi connectivity index (χ2n) is 5.40. The van der Waals surface area contributed by atoms with Crippen LogP contribution in [0.3, 0.4) is 0 Å². The number of nitrogens with zero attached hydrogens (tertiary/aromatic N) is 3. The Labute approximate surface area is 105 Å². The highest BCUT2D eigenvalue weighted by atomic mass is 15.5. The normalized spacial score (nSPS) is 32.9. The molecule has 1 N–H and O–H groups in total. The summed E-state index contributed by atoms with van der Waals surface area (Å²) in [6.07, 6.45) is 6.01. The van der Waals surface area contributed by atoms with Gasteiger partial charge in [0, 0.05) is 32.2 Å². The summed E-state index contributed by atoms with van der Waals surface area (Å²) in [5.74, 6) is 0.206. The maximum atomic E-state index is 9.24. The van der Waals surface area contributed by atoms with Gasteiger partial charge in [-0.1, -0.05) is 19.3 Å². The van der Waals surface area contributed by atoms with Gasteiger partial charge in [-0.25, -0.2) is 5.01 Å². The zero-order valence-electron chi connectivity index (χ0n) is 10.9. The maximum Gasteiger partial charge on any atom is 0.0672 e. The zero-order valence-corrected chi connectivity index (χ0v) is 10.9. The number of hydrogen-bond donors (Lipinski definition) is 1. The molecule has 2 fully saturated rings. The molecule has 0 aromatic rings. The Bertz CT molecular complexity index is 265. The van der Waals surface area contributed by atoms with Crippen LogP contribution < -0.4 is 5.43 Å². The van der Waals surface area contributed by atoms with Gasteiger partial charge in [-0.2, -0.15) is 5.26 Å². The summed E-state index contributed by atoms with van der Waals surface area (Å²) in [6, 6.07) is 2.87. The smallest absolute Gasteiger partial charge is 0.0672 e. The van der Waals surface area contributed by atoms with Crippen molar-refractivity contribution in [2.75, 3.05) is 33.2 Å². The van der Waals surface area contributed by atoms with E-state index in [-0.39, 0.29) is 5.92 Å². The molecule has 2 unspecified atom stereocenters. The molecule has 0 spiro atoms. The molecule has 0 radical (unpaired) electrons. The molecule has 17 heavy (non-hydrogen) atoms. The molecule has 2 aliphatic rings. The van der Waals surface area contributed by atoms with Crippen molar-refractivity contribution < 1.29 is 0 Å². The number of hydrazine groups is 1. The molecular weight excluding hydrogens is 212 g/mol. The molecule has 2 atom stereocenters. The summed E-state index contributed by atoms with van der Waals surface area (Å²) >= 11 is 0. The molecule has 0 amide bonds. The highest BCUT2D eigenvalue weighted by molar-refractivity contribution is 4.93. The Morgan fingerprint density at radius 3 is 2.47 bits per heavy atom. The first-order valence-corrected chi connectivity index (χ1v) is 6.89. The van der Waals surface area contributed by atoms with Crippen LogP contribution in [0.2, 0.25) is 0 Å². The van der Waals surface area contributed by atoms with Crippen LogP contribution in [-0.2, 0) is 0 Å². The van der Waals surface area contributed by atoms with Gasteiger partial charge in [-0.05, 0) is 19.9 Å². The maximum absolute atomic E-state index is 9.24. The van der Waals surface area contributed by atoms with Crippen molar-refractivity contribution >= 4 is 0 Å². The SMILES string of the molecule is CN1CCN(NC2CCCCCC2C#N)CC1. The molecule has 96 valence electrons. The third-order valence-corrected chi connectivity index (χ3v) is 4.03. The fourth-order valence-electron chi connectivity index (χ4n) is 2.79. The summed E-state index contributed by atoms with van der Waals surface area (Å²) in [7, 11) is 2.17. The van der Waals surface area contributed by atoms with E-state index < -0.39 is 0 Å². The lowest BCUT2D eigenvalue weighted by Crippen LogP contribution is -2.55. The zero-order chi connectivity index (χ0) is 12.1. The average molecular weight is 236 g/mol. The van der Waals surface area contributed by atoms with Crippen LogP contribution in [0.25, 0.3) is 0 Å². The van der Waals surface area contributed by atoms with Crippen LogP contribution in [0.4, 0.5) is 0 Å². The Hall–Kier alpha value is -0.630. The van der Waals surface area contributed by atoms with Crippen LogP contribution in [0, 0.1) is 17.2 Å². The van der Waals surface area contributed by atoms with Gasteiger partial charge in [0.25, 0.3) is 0 Å². The van der Waals surface area contributed by atoms with Crippen LogP contribution in [-0.4, -0.2) is 49.2 Å². The number of nitrogens with one attached hydrogen (secondary N) is 1. The van der Waals surface area contributed by atoms with Crippen LogP contribution >= 0.6 is 0 Å². The molecule has 0 aromatic heterocycles. The molecular formula is C13H24N4. The Kier molecular flexibility index (Phi) is 4.78. The summed E-state index contributed by atoms with van der Waals surface area (Å²) in [4.78, 5) is 2.35. The first-order chi connectivity index (χ1) is 8.29. The summed E-state index contributed by atoms with van der Waals surface area (Å²) in [5, 5.41) is 11.6. The van der Waals surface area contributed by atoms with E-state index in [1.165, 1.54) is 19.3 Å². The fourth-order valence-corrected chi connectivity index (χ4v) is 2.79. The largest absolute Gasteiger partial charge is 0.304 e. The van der Waals surface area contributed by atoms with Crippen molar-refractivity contribution in [3.8, 4) is 6.07 Å². The molecule has 0 bridgehead atoms. The molecule has 4 nitrogen and oxygen atoms in total. The fraction of sp³-hybridized carbons (Fsp3) is 0.923. The monoisotopic (exact) mass is 236 g/mol. The molecule has 4 heteroatoms. The van der Waals surface area contributed by atoms with Crippen LogP contribution in [0.5, 0.6) is 0 Å². The highest BCUT2D eigenvalue weighted by Gasteiger charge is 2.26. The van der Waals surface area contributed by atoms with E-state index in [1.807, 2.05) is 0 Å². The topological polar surface area (TPSA) is 42.3 Å². The number of likely N-dealkylation sites (N-methyl/N-ethyl adjacent to an activating group) is 1. The van der Waals surface area contributed by atoms with Crippen molar-refractivity contribution in [3.63, 3.8) is 0 Å². The molecule has 1 saturated carbocycles. The van der Waals surface area contributed by atoms with Crippen LogP contribution in [0.15, 0.2) is 0 Å². The van der Waals surface area contributed by atoms with Crippen molar-refractivity contribution in [2.45, 2.75) is 38.1 Å². The van der Waals surface area contributed by atoms with Gasteiger partial charge in [-0.3, -0.25) is 5.43 Å². The minimum absolute atomic E-state index is 0.206. The molecule has 1 aliphatic heterocycles. The number of rotatable bonds is 2. The van der Waals surface area contributed by atoms with Gasteiger partial charge >= 0.3 is 0 Å². The lowest BCUT2D eigenvalue weighted by molar-refractivity contribution is 0.0768. The van der Waals surface area contributed by atoms with E-state index in [2.05, 4.69) is 28.5 Å². The number of piperazine rings is 1. The van der Waals surface area contributed by atoms with Crippen molar-refractivity contribution in [1.29, 1.82) is 5.26 Å². The summed E-state index contributed by atoms with van der Waals surface area (Å²) < 4.78 is 0. The number of hydrogen-bond acceptors (Lipinski definition) is 4. The third-order valence-electron chi connectivity index (χ3n) is 4.03. The third kappa shape index (κ3) is 3.67. The van der Waals surface area contributed by atoms with E-state index in [9.17, 15) is 5.26 Å². The Morgan fingerprint density at radius 2 is 1.76 bits per heavy atom. The first-order valence-electron chi connectivity index (χ1n) is 6.89. The van der Waals surface area contributed by atoms with Crippen molar-refractivity contribution in [1.82, 2.24) is 15.3 Å². The van der Waals surface area contributed by atoms with E-state index in [1.54, 1.807) is 0 Å². The predicted molar refractivity (Wildman–Crippen MR) is 68.2 cm³/mol. The van der Waals surface area contributed by atoms with Gasteiger partial charge in [-0.15, -0.1) is 0 Å². The summed E-state index contributed by atoms with van der Waals surface area (Å²) in [6.45, 7) is 4.39. The quantitative estimate of drug-likeness (QED) is 0.732. The standard InChI is InChI=1S/C13H24N4/c1-16-7-9-17(10-8-16)15-13-6-4-2-3-5-12(13)11-14/h12-13,15H,2-10H2,1H3. The van der Waals surface area contributed by atoms with E-state index in [4.69, 9.17) is 0 Å². The van der Waals surface area contributed by atoms with Gasteiger partial charge in [0.15, 0.2) is 0 Å². The highest BCUT2D eigenvalue weighted by Crippen LogP contribution is 2.23. The first kappa shape index (κ1) is 12.8. The second kappa shape index (κ2) is 6.34. The lowest BCUT2D eigenvalue weighted by atomic mass is 9.97. The number of nitriles is 1. The van der Waals surface area contributed by atoms with Gasteiger partial charge in [0.2, 0.25) is 0 Å². The van der Waals surface area contributed by atoms with E-state index in [0.29, 0.717) is 6.04 Å². The second-order valence-corrected chi connectivity index (χ2v) is 5.40. The van der Waals surface area contributed by atoms with Crippen molar-refractivity contribution in [2.24, 2.45) is 5.92 Å². The van der Waals surface area contributed by atoms with Gasteiger partial charge in [0.05, 0.1) is 12.0 Å². The van der Waals surface area contributed by atoms with Crippen LogP contribution in [0.1, 0.15) is 32.1 Å². The van der Waals surface area contributed by atoms with Gasteiger partial charge in [0.1, 0.15) is 0 Å². The Morgan fingerprint density at radius 1 is 1.06 bits per heavy atom. The molecule has 1 aliphatic carbocycles. The molecule has 0 aromatic carbocycles. The minimum Gasteiger partial charge on any atom is -0.304 e. The summed E-state index contributed by atoms with van der Waals surface area (Å²) in [5.41, 5.74) is 3.60. The van der Waals surface area contributed by atoms with E-state index >= 15 is 0 Å². The molecule has 1 heterocycles. The van der Waals surface area contributed by atoms with Gasteiger partial charge < -0.3 is 4.90 Å². The van der Waals surface area contributed by atoms with Crippen molar-refractivity contribution in [3.05, 3.63) is 0 Å². The van der Waals surface area contributed by atoms with E-state index in [0.717, 1.165) is 39.0 Å². The average Bonchev–Trinajstić information content (AvgIpc) is 2.57. The molecule has 2 rings (SSSR count). The Balaban J connectivity index is 1.85. The predicted octanol–water partition coefficient (Wildman–Crippen LogP) is 1.21. The lowest BCUT2D eigenvalue weighted by Gasteiger charge is -2.36.